The van der Waals surface area contributed by atoms with E-state index < -0.39 is 0 Å². The first-order chi connectivity index (χ1) is 7.75. The third-order valence-electron chi connectivity index (χ3n) is 2.82. The summed E-state index contributed by atoms with van der Waals surface area (Å²) in [5.41, 5.74) is 0.656. The lowest BCUT2D eigenvalue weighted by molar-refractivity contribution is -0.120. The zero-order valence-corrected chi connectivity index (χ0v) is 9.07. The summed E-state index contributed by atoms with van der Waals surface area (Å²) in [7, 11) is 0. The van der Waals surface area contributed by atoms with Crippen molar-refractivity contribution in [2.24, 2.45) is 5.92 Å². The van der Waals surface area contributed by atoms with Crippen LogP contribution in [0.3, 0.4) is 0 Å². The van der Waals surface area contributed by atoms with Crippen molar-refractivity contribution in [1.82, 2.24) is 5.32 Å². The summed E-state index contributed by atoms with van der Waals surface area (Å²) in [6.45, 7) is 1.80. The Morgan fingerprint density at radius 3 is 2.81 bits per heavy atom. The predicted molar refractivity (Wildman–Crippen MR) is 62.3 cm³/mol. The molecule has 0 bridgehead atoms. The molecule has 4 nitrogen and oxygen atoms in total. The Morgan fingerprint density at radius 2 is 2.12 bits per heavy atom. The predicted octanol–water partition coefficient (Wildman–Crippen LogP) is 1.33. The average Bonchev–Trinajstić information content (AvgIpc) is 2.30. The smallest absolute Gasteiger partial charge is 0.227 e. The number of benzene rings is 1. The van der Waals surface area contributed by atoms with Gasteiger partial charge < -0.3 is 15.7 Å². The van der Waals surface area contributed by atoms with Gasteiger partial charge in [0.15, 0.2) is 0 Å². The minimum atomic E-state index is 0.0482. The van der Waals surface area contributed by atoms with Crippen molar-refractivity contribution in [3.63, 3.8) is 0 Å². The first kappa shape index (κ1) is 11.0. The van der Waals surface area contributed by atoms with E-state index in [0.29, 0.717) is 5.69 Å². The molecule has 1 aliphatic heterocycles. The number of piperidine rings is 1. The fraction of sp³-hybridized carbons (Fsp3) is 0.417. The fourth-order valence-electron chi connectivity index (χ4n) is 1.91. The van der Waals surface area contributed by atoms with E-state index >= 15 is 0 Å². The molecule has 0 radical (unpaired) electrons. The van der Waals surface area contributed by atoms with Crippen LogP contribution >= 0.6 is 0 Å². The topological polar surface area (TPSA) is 61.4 Å². The molecule has 1 aliphatic rings. The van der Waals surface area contributed by atoms with Crippen molar-refractivity contribution in [2.75, 3.05) is 18.4 Å². The monoisotopic (exact) mass is 220 g/mol. The van der Waals surface area contributed by atoms with Gasteiger partial charge in [0.2, 0.25) is 5.91 Å². The average molecular weight is 220 g/mol. The van der Waals surface area contributed by atoms with Crippen LogP contribution in [0.15, 0.2) is 24.3 Å². The van der Waals surface area contributed by atoms with Gasteiger partial charge in [0.05, 0.1) is 0 Å². The molecule has 1 saturated heterocycles. The van der Waals surface area contributed by atoms with Crippen molar-refractivity contribution in [3.8, 4) is 5.75 Å². The number of nitrogens with one attached hydrogen (secondary N) is 2. The van der Waals surface area contributed by atoms with Crippen molar-refractivity contribution < 1.29 is 9.90 Å². The quantitative estimate of drug-likeness (QED) is 0.704. The second-order valence-corrected chi connectivity index (χ2v) is 4.06. The number of carbonyl (C=O) groups excluding carboxylic acids is 1. The van der Waals surface area contributed by atoms with Crippen LogP contribution in [0, 0.1) is 5.92 Å². The molecule has 1 aromatic rings. The summed E-state index contributed by atoms with van der Waals surface area (Å²) in [6, 6.07) is 6.63. The summed E-state index contributed by atoms with van der Waals surface area (Å²) < 4.78 is 0. The highest BCUT2D eigenvalue weighted by molar-refractivity contribution is 5.92. The van der Waals surface area contributed by atoms with E-state index in [1.54, 1.807) is 24.3 Å². The molecule has 1 aromatic carbocycles. The number of amides is 1. The van der Waals surface area contributed by atoms with Crippen LogP contribution in [0.4, 0.5) is 5.69 Å². The van der Waals surface area contributed by atoms with Crippen LogP contribution in [0.2, 0.25) is 0 Å². The fourth-order valence-corrected chi connectivity index (χ4v) is 1.91. The molecule has 0 unspecified atom stereocenters. The second-order valence-electron chi connectivity index (χ2n) is 4.06. The van der Waals surface area contributed by atoms with Gasteiger partial charge in [-0.1, -0.05) is 6.07 Å². The molecule has 0 aromatic heterocycles. The maximum absolute atomic E-state index is 11.9. The van der Waals surface area contributed by atoms with E-state index in [9.17, 15) is 9.90 Å². The number of phenolic OH excluding ortho intramolecular Hbond substituents is 1. The number of rotatable bonds is 2. The minimum absolute atomic E-state index is 0.0482. The third-order valence-corrected chi connectivity index (χ3v) is 2.82. The third kappa shape index (κ3) is 2.73. The number of hydrogen-bond acceptors (Lipinski definition) is 3. The molecule has 1 fully saturated rings. The maximum atomic E-state index is 11.9. The minimum Gasteiger partial charge on any atom is -0.508 e. The highest BCUT2D eigenvalue weighted by Gasteiger charge is 2.20. The van der Waals surface area contributed by atoms with E-state index in [-0.39, 0.29) is 17.6 Å². The van der Waals surface area contributed by atoms with Gasteiger partial charge in [-0.15, -0.1) is 0 Å². The van der Waals surface area contributed by atoms with Crippen LogP contribution < -0.4 is 10.6 Å². The largest absolute Gasteiger partial charge is 0.508 e. The van der Waals surface area contributed by atoms with E-state index in [1.165, 1.54) is 0 Å². The molecule has 0 saturated carbocycles. The lowest BCUT2D eigenvalue weighted by Crippen LogP contribution is -2.34. The lowest BCUT2D eigenvalue weighted by atomic mass is 9.97. The number of phenols is 1. The molecule has 1 heterocycles. The molecule has 2 rings (SSSR count). The van der Waals surface area contributed by atoms with E-state index in [1.807, 2.05) is 0 Å². The van der Waals surface area contributed by atoms with Gasteiger partial charge >= 0.3 is 0 Å². The Labute approximate surface area is 94.7 Å². The molecule has 16 heavy (non-hydrogen) atoms. The Bertz CT molecular complexity index is 373. The normalized spacial score (nSPS) is 17.0. The molecule has 0 spiro atoms. The Morgan fingerprint density at radius 1 is 1.38 bits per heavy atom. The Kier molecular flexibility index (Phi) is 3.41. The molecule has 3 N–H and O–H groups in total. The van der Waals surface area contributed by atoms with Crippen LogP contribution in [0.25, 0.3) is 0 Å². The van der Waals surface area contributed by atoms with Gasteiger partial charge in [-0.05, 0) is 38.1 Å². The number of carbonyl (C=O) groups is 1. The van der Waals surface area contributed by atoms with Crippen LogP contribution in [0.5, 0.6) is 5.75 Å². The summed E-state index contributed by atoms with van der Waals surface area (Å²) in [6.07, 6.45) is 1.76. The molecule has 0 atom stereocenters. The van der Waals surface area contributed by atoms with Crippen molar-refractivity contribution >= 4 is 11.6 Å². The first-order valence-electron chi connectivity index (χ1n) is 5.56. The molecule has 4 heteroatoms. The molecule has 0 aliphatic carbocycles. The summed E-state index contributed by atoms with van der Waals surface area (Å²) in [5.74, 6) is 0.304. The van der Waals surface area contributed by atoms with Crippen molar-refractivity contribution in [2.45, 2.75) is 12.8 Å². The summed E-state index contributed by atoms with van der Waals surface area (Å²) >= 11 is 0. The van der Waals surface area contributed by atoms with Gasteiger partial charge in [0, 0.05) is 17.7 Å². The zero-order valence-electron chi connectivity index (χ0n) is 9.07. The lowest BCUT2D eigenvalue weighted by Gasteiger charge is -2.21. The molecule has 1 amide bonds. The standard InChI is InChI=1S/C12H16N2O2/c15-11-3-1-2-10(8-11)14-12(16)9-4-6-13-7-5-9/h1-3,8-9,13,15H,4-7H2,(H,14,16). The maximum Gasteiger partial charge on any atom is 0.227 e. The molecular formula is C12H16N2O2. The van der Waals surface area contributed by atoms with Crippen molar-refractivity contribution in [3.05, 3.63) is 24.3 Å². The summed E-state index contributed by atoms with van der Waals surface area (Å²) in [4.78, 5) is 11.9. The van der Waals surface area contributed by atoms with Crippen LogP contribution in [-0.4, -0.2) is 24.1 Å². The van der Waals surface area contributed by atoms with E-state index in [4.69, 9.17) is 0 Å². The second kappa shape index (κ2) is 4.99. The first-order valence-corrected chi connectivity index (χ1v) is 5.56. The molecular weight excluding hydrogens is 204 g/mol. The van der Waals surface area contributed by atoms with Crippen LogP contribution in [-0.2, 0) is 4.79 Å². The molecule has 86 valence electrons. The van der Waals surface area contributed by atoms with E-state index in [2.05, 4.69) is 10.6 Å². The van der Waals surface area contributed by atoms with Gasteiger partial charge in [-0.25, -0.2) is 0 Å². The van der Waals surface area contributed by atoms with E-state index in [0.717, 1.165) is 25.9 Å². The van der Waals surface area contributed by atoms with Gasteiger partial charge in [0.25, 0.3) is 0 Å². The van der Waals surface area contributed by atoms with Gasteiger partial charge in [-0.3, -0.25) is 4.79 Å². The van der Waals surface area contributed by atoms with Gasteiger partial charge in [-0.2, -0.15) is 0 Å². The summed E-state index contributed by atoms with van der Waals surface area (Å²) in [5, 5.41) is 15.3. The van der Waals surface area contributed by atoms with Crippen molar-refractivity contribution in [1.29, 1.82) is 0 Å². The zero-order chi connectivity index (χ0) is 11.4. The number of hydrogen-bond donors (Lipinski definition) is 3. The highest BCUT2D eigenvalue weighted by atomic mass is 16.3. The van der Waals surface area contributed by atoms with Crippen LogP contribution in [0.1, 0.15) is 12.8 Å². The Hall–Kier alpha value is -1.55. The van der Waals surface area contributed by atoms with Gasteiger partial charge in [0.1, 0.15) is 5.75 Å². The number of aromatic hydroxyl groups is 1. The SMILES string of the molecule is O=C(Nc1cccc(O)c1)C1CCNCC1. The Balaban J connectivity index is 1.96. The number of anilines is 1. The highest BCUT2D eigenvalue weighted by Crippen LogP contribution is 2.18.